The van der Waals surface area contributed by atoms with Crippen molar-refractivity contribution in [1.82, 2.24) is 0 Å². The number of carbonyl (C=O) groups is 2. The van der Waals surface area contributed by atoms with Crippen LogP contribution in [0.3, 0.4) is 0 Å². The first-order valence-corrected chi connectivity index (χ1v) is 8.49. The van der Waals surface area contributed by atoms with Gasteiger partial charge in [-0.15, -0.1) is 6.58 Å². The number of rotatable bonds is 7. The maximum Gasteiger partial charge on any atom is 0.337 e. The number of aliphatic carboxylic acids is 1. The first-order chi connectivity index (χ1) is 13.2. The topological polar surface area (TPSA) is 172 Å². The highest BCUT2D eigenvalue weighted by Crippen LogP contribution is 2.36. The van der Waals surface area contributed by atoms with E-state index in [-0.39, 0.29) is 5.57 Å². The molecule has 2 rings (SSSR count). The zero-order chi connectivity index (χ0) is 21.0. The third kappa shape index (κ3) is 4.51. The molecule has 8 atom stereocenters. The standard InChI is InChI=1S/C17H24O11/c1-3-7-8(4-11(19)20)9(15(24)25-2)6-26-16(7)28-17-14(23)13(22)12(21)10(5-18)27-17/h3,6-8,10,12-14,16-18,21-23H,1,4-5H2,2H3,(H,19,20)/t7-,8-,10+,12+,13-,14+,16+,17-/m0/s1. The lowest BCUT2D eigenvalue weighted by Crippen LogP contribution is -2.60. The monoisotopic (exact) mass is 404 g/mol. The van der Waals surface area contributed by atoms with Gasteiger partial charge in [-0.1, -0.05) is 6.08 Å². The van der Waals surface area contributed by atoms with Gasteiger partial charge in [0.15, 0.2) is 6.29 Å². The number of aliphatic hydroxyl groups excluding tert-OH is 4. The molecule has 0 spiro atoms. The highest BCUT2D eigenvalue weighted by atomic mass is 16.8. The van der Waals surface area contributed by atoms with Crippen molar-refractivity contribution in [1.29, 1.82) is 0 Å². The van der Waals surface area contributed by atoms with Gasteiger partial charge in [-0.2, -0.15) is 0 Å². The van der Waals surface area contributed by atoms with E-state index in [1.165, 1.54) is 6.08 Å². The van der Waals surface area contributed by atoms with Gasteiger partial charge in [-0.25, -0.2) is 4.79 Å². The molecule has 0 radical (unpaired) electrons. The molecule has 11 heteroatoms. The number of hydrogen-bond donors (Lipinski definition) is 5. The van der Waals surface area contributed by atoms with E-state index in [1.54, 1.807) is 0 Å². The van der Waals surface area contributed by atoms with Crippen LogP contribution in [-0.2, 0) is 28.5 Å². The summed E-state index contributed by atoms with van der Waals surface area (Å²) in [5.41, 5.74) is -0.0246. The van der Waals surface area contributed by atoms with Gasteiger partial charge in [0.2, 0.25) is 6.29 Å². The summed E-state index contributed by atoms with van der Waals surface area (Å²) in [6.45, 7) is 2.97. The molecule has 158 valence electrons. The minimum atomic E-state index is -1.67. The third-order valence-corrected chi connectivity index (χ3v) is 4.71. The lowest BCUT2D eigenvalue weighted by molar-refractivity contribution is -0.339. The zero-order valence-electron chi connectivity index (χ0n) is 15.1. The van der Waals surface area contributed by atoms with Gasteiger partial charge < -0.3 is 44.5 Å². The molecule has 0 aromatic carbocycles. The fraction of sp³-hybridized carbons (Fsp3) is 0.647. The minimum absolute atomic E-state index is 0.0246. The van der Waals surface area contributed by atoms with Gasteiger partial charge in [-0.05, 0) is 0 Å². The fourth-order valence-corrected chi connectivity index (χ4v) is 3.18. The predicted octanol–water partition coefficient (Wildman–Crippen LogP) is -1.89. The van der Waals surface area contributed by atoms with E-state index >= 15 is 0 Å². The Morgan fingerprint density at radius 2 is 1.89 bits per heavy atom. The van der Waals surface area contributed by atoms with Crippen molar-refractivity contribution in [2.45, 2.75) is 43.4 Å². The highest BCUT2D eigenvalue weighted by molar-refractivity contribution is 5.89. The lowest BCUT2D eigenvalue weighted by Gasteiger charge is -2.42. The Bertz CT molecular complexity index is 616. The molecule has 0 unspecified atom stereocenters. The van der Waals surface area contributed by atoms with E-state index in [1.807, 2.05) is 0 Å². The van der Waals surface area contributed by atoms with Crippen LogP contribution in [0.15, 0.2) is 24.5 Å². The molecular weight excluding hydrogens is 380 g/mol. The summed E-state index contributed by atoms with van der Waals surface area (Å²) in [4.78, 5) is 23.2. The Morgan fingerprint density at radius 1 is 1.21 bits per heavy atom. The molecule has 0 bridgehead atoms. The normalized spacial score (nSPS) is 38.1. The van der Waals surface area contributed by atoms with E-state index in [0.29, 0.717) is 0 Å². The van der Waals surface area contributed by atoms with Gasteiger partial charge in [0, 0.05) is 11.8 Å². The van der Waals surface area contributed by atoms with Crippen LogP contribution >= 0.6 is 0 Å². The molecule has 0 aliphatic carbocycles. The number of hydrogen-bond acceptors (Lipinski definition) is 10. The van der Waals surface area contributed by atoms with Crippen LogP contribution in [0, 0.1) is 11.8 Å². The quantitative estimate of drug-likeness (QED) is 0.237. The Kier molecular flexibility index (Phi) is 7.52. The molecular formula is C17H24O11. The number of carboxylic acid groups (broad SMARTS) is 1. The van der Waals surface area contributed by atoms with Crippen molar-refractivity contribution >= 4 is 11.9 Å². The number of carbonyl (C=O) groups excluding carboxylic acids is 1. The number of carboxylic acids is 1. The maximum atomic E-state index is 11.9. The largest absolute Gasteiger partial charge is 0.481 e. The van der Waals surface area contributed by atoms with Gasteiger partial charge in [0.25, 0.3) is 0 Å². The molecule has 11 nitrogen and oxygen atoms in total. The predicted molar refractivity (Wildman–Crippen MR) is 89.3 cm³/mol. The summed E-state index contributed by atoms with van der Waals surface area (Å²) in [6.07, 6.45) is -6.91. The molecule has 0 aromatic rings. The second-order valence-corrected chi connectivity index (χ2v) is 6.42. The van der Waals surface area contributed by atoms with Crippen molar-refractivity contribution in [3.63, 3.8) is 0 Å². The second-order valence-electron chi connectivity index (χ2n) is 6.42. The summed E-state index contributed by atoms with van der Waals surface area (Å²) < 4.78 is 20.8. The van der Waals surface area contributed by atoms with Crippen LogP contribution in [0.2, 0.25) is 0 Å². The number of aliphatic hydroxyl groups is 4. The van der Waals surface area contributed by atoms with Crippen molar-refractivity contribution in [2.75, 3.05) is 13.7 Å². The van der Waals surface area contributed by atoms with Crippen LogP contribution < -0.4 is 0 Å². The SMILES string of the molecule is C=C[C@@H]1[C@@H](O[C@@H]2O[C@H](CO)[C@@H](O)[C@H](O)[C@H]2O)OC=C(C(=O)OC)[C@H]1CC(=O)O. The van der Waals surface area contributed by atoms with Crippen LogP contribution in [0.4, 0.5) is 0 Å². The smallest absolute Gasteiger partial charge is 0.337 e. The minimum Gasteiger partial charge on any atom is -0.481 e. The average Bonchev–Trinajstić information content (AvgIpc) is 2.67. The van der Waals surface area contributed by atoms with E-state index in [9.17, 15) is 35.1 Å². The first-order valence-electron chi connectivity index (χ1n) is 8.49. The molecule has 28 heavy (non-hydrogen) atoms. The highest BCUT2D eigenvalue weighted by Gasteiger charge is 2.47. The molecule has 2 aliphatic heterocycles. The Labute approximate surface area is 160 Å². The molecule has 0 amide bonds. The maximum absolute atomic E-state index is 11.9. The summed E-state index contributed by atoms with van der Waals surface area (Å²) in [6, 6.07) is 0. The molecule has 2 aliphatic rings. The second kappa shape index (κ2) is 9.45. The van der Waals surface area contributed by atoms with E-state index in [0.717, 1.165) is 13.4 Å². The van der Waals surface area contributed by atoms with Gasteiger partial charge >= 0.3 is 11.9 Å². The summed E-state index contributed by atoms with van der Waals surface area (Å²) >= 11 is 0. The van der Waals surface area contributed by atoms with E-state index in [4.69, 9.17) is 14.2 Å². The summed E-state index contributed by atoms with van der Waals surface area (Å²) in [5.74, 6) is -3.70. The van der Waals surface area contributed by atoms with Crippen LogP contribution in [0.5, 0.6) is 0 Å². The first kappa shape index (κ1) is 22.3. The fourth-order valence-electron chi connectivity index (χ4n) is 3.18. The number of ether oxygens (including phenoxy) is 4. The van der Waals surface area contributed by atoms with Crippen LogP contribution in [-0.4, -0.2) is 88.2 Å². The van der Waals surface area contributed by atoms with Crippen LogP contribution in [0.25, 0.3) is 0 Å². The molecule has 1 fully saturated rings. The van der Waals surface area contributed by atoms with Crippen molar-refractivity contribution in [3.05, 3.63) is 24.5 Å². The molecule has 1 saturated heterocycles. The zero-order valence-corrected chi connectivity index (χ0v) is 15.1. The van der Waals surface area contributed by atoms with Crippen molar-refractivity contribution in [3.8, 4) is 0 Å². The average molecular weight is 404 g/mol. The van der Waals surface area contributed by atoms with E-state index < -0.39 is 73.8 Å². The van der Waals surface area contributed by atoms with Crippen LogP contribution in [0.1, 0.15) is 6.42 Å². The third-order valence-electron chi connectivity index (χ3n) is 4.71. The van der Waals surface area contributed by atoms with Gasteiger partial charge in [0.05, 0.1) is 32.0 Å². The summed E-state index contributed by atoms with van der Waals surface area (Å²) in [7, 11) is 1.14. The Hall–Kier alpha value is -2.02. The van der Waals surface area contributed by atoms with Crippen molar-refractivity contribution in [2.24, 2.45) is 11.8 Å². The van der Waals surface area contributed by atoms with Crippen molar-refractivity contribution < 1.29 is 54.1 Å². The van der Waals surface area contributed by atoms with Gasteiger partial charge in [0.1, 0.15) is 24.4 Å². The van der Waals surface area contributed by atoms with Gasteiger partial charge in [-0.3, -0.25) is 4.79 Å². The molecule has 5 N–H and O–H groups in total. The number of esters is 1. The molecule has 0 aromatic heterocycles. The molecule has 2 heterocycles. The Morgan fingerprint density at radius 3 is 2.43 bits per heavy atom. The molecule has 0 saturated carbocycles. The van der Waals surface area contributed by atoms with E-state index in [2.05, 4.69) is 11.3 Å². The number of methoxy groups -OCH3 is 1. The Balaban J connectivity index is 2.24. The lowest BCUT2D eigenvalue weighted by atomic mass is 9.81. The summed E-state index contributed by atoms with van der Waals surface area (Å²) in [5, 5.41) is 48.2.